The van der Waals surface area contributed by atoms with E-state index in [9.17, 15) is 0 Å². The molecule has 0 bridgehead atoms. The van der Waals surface area contributed by atoms with Crippen LogP contribution in [0.4, 0.5) is 0 Å². The lowest BCUT2D eigenvalue weighted by Gasteiger charge is -2.41. The average Bonchev–Trinajstić information content (AvgIpc) is 2.00. The smallest absolute Gasteiger partial charge is 0.00878 e. The Hall–Kier alpha value is -0.0400. The highest BCUT2D eigenvalue weighted by Crippen LogP contribution is 2.40. The largest absolute Gasteiger partial charge is 0.327 e. The van der Waals surface area contributed by atoms with Crippen molar-refractivity contribution in [3.8, 4) is 0 Å². The highest BCUT2D eigenvalue weighted by molar-refractivity contribution is 4.87. The molecule has 1 unspecified atom stereocenters. The van der Waals surface area contributed by atoms with E-state index in [2.05, 4.69) is 48.5 Å². The summed E-state index contributed by atoms with van der Waals surface area (Å²) in [5.74, 6) is 0.714. The Kier molecular flexibility index (Phi) is 4.64. The van der Waals surface area contributed by atoms with E-state index in [0.717, 1.165) is 6.42 Å². The molecule has 0 aromatic rings. The molecule has 0 amide bonds. The average molecular weight is 199 g/mol. The second-order valence-corrected chi connectivity index (χ2v) is 6.32. The molecule has 0 aliphatic heterocycles. The molecule has 0 fully saturated rings. The molecule has 86 valence electrons. The third-order valence-corrected chi connectivity index (χ3v) is 3.92. The van der Waals surface area contributed by atoms with E-state index in [1.807, 2.05) is 0 Å². The van der Waals surface area contributed by atoms with Crippen LogP contribution in [-0.2, 0) is 0 Å². The molecule has 1 nitrogen and oxygen atoms in total. The second kappa shape index (κ2) is 4.65. The zero-order valence-electron chi connectivity index (χ0n) is 11.1. The molecule has 0 saturated heterocycles. The molecule has 0 heterocycles. The van der Waals surface area contributed by atoms with Gasteiger partial charge < -0.3 is 5.73 Å². The molecule has 1 atom stereocenters. The van der Waals surface area contributed by atoms with Crippen LogP contribution >= 0.6 is 0 Å². The van der Waals surface area contributed by atoms with Crippen molar-refractivity contribution < 1.29 is 0 Å². The maximum Gasteiger partial charge on any atom is 0.00878 e. The maximum absolute atomic E-state index is 6.16. The number of hydrogen-bond donors (Lipinski definition) is 1. The molecule has 14 heavy (non-hydrogen) atoms. The molecule has 2 N–H and O–H groups in total. The lowest BCUT2D eigenvalue weighted by molar-refractivity contribution is 0.116. The van der Waals surface area contributed by atoms with Crippen molar-refractivity contribution in [1.29, 1.82) is 0 Å². The molecular formula is C13H29N. The van der Waals surface area contributed by atoms with Crippen LogP contribution in [0.15, 0.2) is 0 Å². The number of rotatable bonds is 5. The Balaban J connectivity index is 4.49. The minimum absolute atomic E-state index is 0.252. The summed E-state index contributed by atoms with van der Waals surface area (Å²) >= 11 is 0. The van der Waals surface area contributed by atoms with E-state index in [1.165, 1.54) is 6.42 Å². The Bertz CT molecular complexity index is 168. The van der Waals surface area contributed by atoms with E-state index in [-0.39, 0.29) is 5.41 Å². The molecule has 0 saturated carbocycles. The SMILES string of the molecule is CCC(N)C(C)(C)CC(C)(C)C(C)C. The van der Waals surface area contributed by atoms with Gasteiger partial charge in [0.25, 0.3) is 0 Å². The van der Waals surface area contributed by atoms with Gasteiger partial charge in [0.2, 0.25) is 0 Å². The Labute approximate surface area is 90.5 Å². The van der Waals surface area contributed by atoms with Crippen molar-refractivity contribution >= 4 is 0 Å². The predicted octanol–water partition coefficient (Wildman–Crippen LogP) is 3.82. The van der Waals surface area contributed by atoms with Gasteiger partial charge in [-0.25, -0.2) is 0 Å². The first-order valence-electron chi connectivity index (χ1n) is 5.89. The quantitative estimate of drug-likeness (QED) is 0.715. The molecule has 0 aromatic carbocycles. The summed E-state index contributed by atoms with van der Waals surface area (Å²) in [5, 5.41) is 0. The Morgan fingerprint density at radius 3 is 1.71 bits per heavy atom. The van der Waals surface area contributed by atoms with Gasteiger partial charge in [0.15, 0.2) is 0 Å². The van der Waals surface area contributed by atoms with E-state index < -0.39 is 0 Å². The monoisotopic (exact) mass is 199 g/mol. The third kappa shape index (κ3) is 3.61. The van der Waals surface area contributed by atoms with Crippen LogP contribution in [0.2, 0.25) is 0 Å². The highest BCUT2D eigenvalue weighted by atomic mass is 14.7. The number of hydrogen-bond acceptors (Lipinski definition) is 1. The van der Waals surface area contributed by atoms with Crippen molar-refractivity contribution in [2.75, 3.05) is 0 Å². The van der Waals surface area contributed by atoms with Gasteiger partial charge in [0, 0.05) is 6.04 Å². The van der Waals surface area contributed by atoms with Crippen LogP contribution in [0.25, 0.3) is 0 Å². The summed E-state index contributed by atoms with van der Waals surface area (Å²) in [6.07, 6.45) is 2.27. The summed E-state index contributed by atoms with van der Waals surface area (Å²) in [4.78, 5) is 0. The van der Waals surface area contributed by atoms with Gasteiger partial charge in [-0.1, -0.05) is 48.5 Å². The van der Waals surface area contributed by atoms with Gasteiger partial charge in [0.1, 0.15) is 0 Å². The van der Waals surface area contributed by atoms with Crippen LogP contribution in [0.1, 0.15) is 61.3 Å². The van der Waals surface area contributed by atoms with Gasteiger partial charge in [-0.3, -0.25) is 0 Å². The lowest BCUT2D eigenvalue weighted by Crippen LogP contribution is -2.41. The molecular weight excluding hydrogens is 170 g/mol. The highest BCUT2D eigenvalue weighted by Gasteiger charge is 2.34. The van der Waals surface area contributed by atoms with Gasteiger partial charge >= 0.3 is 0 Å². The normalized spacial score (nSPS) is 16.1. The standard InChI is InChI=1S/C13H29N/c1-8-11(14)13(6,7)9-12(4,5)10(2)3/h10-11H,8-9,14H2,1-7H3. The number of nitrogens with two attached hydrogens (primary N) is 1. The lowest BCUT2D eigenvalue weighted by atomic mass is 9.66. The third-order valence-electron chi connectivity index (χ3n) is 3.92. The van der Waals surface area contributed by atoms with Crippen molar-refractivity contribution in [2.24, 2.45) is 22.5 Å². The van der Waals surface area contributed by atoms with Crippen molar-refractivity contribution in [2.45, 2.75) is 67.3 Å². The van der Waals surface area contributed by atoms with Crippen molar-refractivity contribution in [1.82, 2.24) is 0 Å². The summed E-state index contributed by atoms with van der Waals surface area (Å²) < 4.78 is 0. The first-order valence-corrected chi connectivity index (χ1v) is 5.89. The van der Waals surface area contributed by atoms with E-state index in [1.54, 1.807) is 0 Å². The molecule has 1 heteroatoms. The van der Waals surface area contributed by atoms with Crippen molar-refractivity contribution in [3.05, 3.63) is 0 Å². The molecule has 0 spiro atoms. The van der Waals surface area contributed by atoms with Crippen LogP contribution in [0, 0.1) is 16.7 Å². The molecule has 0 aliphatic carbocycles. The molecule has 0 aromatic heterocycles. The van der Waals surface area contributed by atoms with Crippen LogP contribution in [0.5, 0.6) is 0 Å². The fraction of sp³-hybridized carbons (Fsp3) is 1.00. The summed E-state index contributed by atoms with van der Waals surface area (Å²) in [7, 11) is 0. The second-order valence-electron chi connectivity index (χ2n) is 6.32. The Morgan fingerprint density at radius 2 is 1.43 bits per heavy atom. The fourth-order valence-electron chi connectivity index (χ4n) is 2.06. The maximum atomic E-state index is 6.16. The zero-order valence-corrected chi connectivity index (χ0v) is 11.1. The van der Waals surface area contributed by atoms with Gasteiger partial charge in [-0.05, 0) is 29.6 Å². The molecule has 0 aliphatic rings. The van der Waals surface area contributed by atoms with Gasteiger partial charge in [0.05, 0.1) is 0 Å². The zero-order chi connectivity index (χ0) is 11.6. The minimum atomic E-state index is 0.252. The fourth-order valence-corrected chi connectivity index (χ4v) is 2.06. The first-order chi connectivity index (χ1) is 6.13. The van der Waals surface area contributed by atoms with E-state index in [0.29, 0.717) is 17.4 Å². The van der Waals surface area contributed by atoms with Crippen molar-refractivity contribution in [3.63, 3.8) is 0 Å². The molecule has 0 radical (unpaired) electrons. The van der Waals surface area contributed by atoms with Crippen LogP contribution < -0.4 is 5.73 Å². The summed E-state index contributed by atoms with van der Waals surface area (Å²) in [6.45, 7) is 16.1. The first kappa shape index (κ1) is 14.0. The predicted molar refractivity (Wildman–Crippen MR) is 65.3 cm³/mol. The topological polar surface area (TPSA) is 26.0 Å². The van der Waals surface area contributed by atoms with E-state index >= 15 is 0 Å². The molecule has 0 rings (SSSR count). The minimum Gasteiger partial charge on any atom is -0.327 e. The summed E-state index contributed by atoms with van der Waals surface area (Å²) in [6, 6.07) is 0.320. The van der Waals surface area contributed by atoms with Crippen LogP contribution in [-0.4, -0.2) is 6.04 Å². The van der Waals surface area contributed by atoms with E-state index in [4.69, 9.17) is 5.73 Å². The Morgan fingerprint density at radius 1 is 1.00 bits per heavy atom. The van der Waals surface area contributed by atoms with Crippen LogP contribution in [0.3, 0.4) is 0 Å². The summed E-state index contributed by atoms with van der Waals surface area (Å²) in [5.41, 5.74) is 6.80. The van der Waals surface area contributed by atoms with Gasteiger partial charge in [-0.2, -0.15) is 0 Å². The van der Waals surface area contributed by atoms with Gasteiger partial charge in [-0.15, -0.1) is 0 Å².